The Morgan fingerprint density at radius 1 is 0.493 bits per heavy atom. The molecule has 11 rings (SSSR count). The molecule has 5 heteroatoms. The monoisotopic (exact) mass is 1130 g/mol. The van der Waals surface area contributed by atoms with Crippen LogP contribution in [0.1, 0.15) is 76.2 Å². The maximum absolute atomic E-state index is 9.76. The molecule has 73 heavy (non-hydrogen) atoms. The first-order chi connectivity index (χ1) is 37.7. The van der Waals surface area contributed by atoms with Crippen molar-refractivity contribution in [2.75, 3.05) is 0 Å². The fourth-order valence-electron chi connectivity index (χ4n) is 9.78. The van der Waals surface area contributed by atoms with Gasteiger partial charge in [0.15, 0.2) is 0 Å². The number of fused-ring (bicyclic) bond motifs is 3. The molecule has 0 N–H and O–H groups in total. The maximum atomic E-state index is 9.76. The van der Waals surface area contributed by atoms with Gasteiger partial charge in [0.2, 0.25) is 0 Å². The predicted molar refractivity (Wildman–Crippen MR) is 296 cm³/mol. The molecule has 0 aliphatic heterocycles. The van der Waals surface area contributed by atoms with Gasteiger partial charge in [-0.3, -0.25) is 0 Å². The molecule has 0 unspecified atom stereocenters. The molecule has 7 aromatic carbocycles. The SMILES string of the molecule is [2H]C([2H])([2H])c1cnc(-c2[c-]cc(C([2H])([2H])C([2H])([2H])c3cc(CC(C)(C)c4c[c-]c(-c5ccccn5)cc4)cc(CC(C)(C)c4c[c-]c(-c5ccccn5)cc4)c3)cc2)cc1-c1ccc2oc3c(-c4ccccc4)cccc3c2c1.[Ir+3]. The van der Waals surface area contributed by atoms with Crippen LogP contribution in [0.4, 0.5) is 0 Å². The molecule has 4 aromatic heterocycles. The Hall–Kier alpha value is -7.56. The van der Waals surface area contributed by atoms with Crippen LogP contribution >= 0.6 is 0 Å². The Morgan fingerprint density at radius 3 is 1.68 bits per heavy atom. The number of aromatic nitrogens is 3. The van der Waals surface area contributed by atoms with Crippen LogP contribution in [0.15, 0.2) is 205 Å². The molecule has 4 heterocycles. The fraction of sp³-hybridized carbons (Fsp3) is 0.162. The van der Waals surface area contributed by atoms with Crippen molar-refractivity contribution < 1.29 is 34.1 Å². The Labute approximate surface area is 453 Å². The minimum absolute atomic E-state index is 0. The quantitative estimate of drug-likeness (QED) is 0.102. The molecular weight excluding hydrogens is 1070 g/mol. The average Bonchev–Trinajstić information content (AvgIpc) is 3.86. The number of nitrogens with zero attached hydrogens (tertiary/aromatic N) is 3. The number of aryl methyl sites for hydroxylation is 3. The van der Waals surface area contributed by atoms with Crippen molar-refractivity contribution in [2.24, 2.45) is 0 Å². The Morgan fingerprint density at radius 2 is 1.10 bits per heavy atom. The van der Waals surface area contributed by atoms with Crippen molar-refractivity contribution in [3.05, 3.63) is 258 Å². The topological polar surface area (TPSA) is 51.8 Å². The molecule has 0 saturated heterocycles. The summed E-state index contributed by atoms with van der Waals surface area (Å²) < 4.78 is 70.7. The van der Waals surface area contributed by atoms with Crippen molar-refractivity contribution in [1.29, 1.82) is 0 Å². The van der Waals surface area contributed by atoms with E-state index in [2.05, 4.69) is 79.0 Å². The van der Waals surface area contributed by atoms with E-state index in [4.69, 9.17) is 8.53 Å². The standard InChI is InChI=1S/C68H56N3O.Ir/c1-46-45-71-64(42-60(46)55-30-35-65-61(41-55)59-17-13-16-58(66(59)72-65)51-14-7-6-8-15-51)54-24-22-47(23-25-54)20-21-48-38-49(43-67(2,3)56-31-26-52(27-32-56)62-18-9-11-36-69-62)40-50(39-48)44-68(4,5)57-33-28-53(29-34-57)63-19-10-12-37-70-63;/h6-19,22-24,26,28,30-42,45H,20-21,43-44H2,1-5H3;/q-3;+3/i1D3,20D2,21D2;. The largest absolute Gasteiger partial charge is 3.00 e. The maximum Gasteiger partial charge on any atom is 3.00 e. The summed E-state index contributed by atoms with van der Waals surface area (Å²) in [6.07, 6.45) is 0.918. The van der Waals surface area contributed by atoms with Gasteiger partial charge in [-0.05, 0) is 117 Å². The van der Waals surface area contributed by atoms with E-state index in [0.29, 0.717) is 40.8 Å². The zero-order chi connectivity index (χ0) is 55.3. The van der Waals surface area contributed by atoms with Crippen molar-refractivity contribution in [3.63, 3.8) is 0 Å². The third kappa shape index (κ3) is 10.7. The van der Waals surface area contributed by atoms with Crippen LogP contribution in [-0.4, -0.2) is 15.0 Å². The van der Waals surface area contributed by atoms with Gasteiger partial charge in [0, 0.05) is 44.5 Å². The molecule has 0 fully saturated rings. The van der Waals surface area contributed by atoms with Crippen LogP contribution in [0.25, 0.3) is 78.0 Å². The third-order valence-corrected chi connectivity index (χ3v) is 13.7. The van der Waals surface area contributed by atoms with Gasteiger partial charge in [-0.1, -0.05) is 137 Å². The van der Waals surface area contributed by atoms with Crippen LogP contribution in [0.3, 0.4) is 0 Å². The van der Waals surface area contributed by atoms with Crippen LogP contribution in [0, 0.1) is 25.1 Å². The van der Waals surface area contributed by atoms with Gasteiger partial charge in [0.1, 0.15) is 11.2 Å². The zero-order valence-corrected chi connectivity index (χ0v) is 43.4. The summed E-state index contributed by atoms with van der Waals surface area (Å²) in [7, 11) is 0. The first kappa shape index (κ1) is 41.0. The average molecular weight is 1130 g/mol. The molecular formula is C68H56IrN3O. The molecule has 4 nitrogen and oxygen atoms in total. The van der Waals surface area contributed by atoms with E-state index in [9.17, 15) is 5.48 Å². The van der Waals surface area contributed by atoms with E-state index < -0.39 is 30.4 Å². The molecule has 11 aromatic rings. The molecule has 0 atom stereocenters. The van der Waals surface area contributed by atoms with Crippen molar-refractivity contribution in [3.8, 4) is 56.0 Å². The first-order valence-electron chi connectivity index (χ1n) is 27.8. The molecule has 0 aliphatic carbocycles. The van der Waals surface area contributed by atoms with Gasteiger partial charge in [-0.25, -0.2) is 0 Å². The molecule has 0 bridgehead atoms. The second-order valence-electron chi connectivity index (χ2n) is 19.8. The van der Waals surface area contributed by atoms with Crippen LogP contribution in [0.2, 0.25) is 0 Å². The Kier molecular flexibility index (Phi) is 11.7. The van der Waals surface area contributed by atoms with E-state index in [1.54, 1.807) is 30.6 Å². The summed E-state index contributed by atoms with van der Waals surface area (Å²) in [5.41, 5.74) is 12.3. The number of benzene rings is 7. The summed E-state index contributed by atoms with van der Waals surface area (Å²) in [6.45, 7) is 6.15. The van der Waals surface area contributed by atoms with Gasteiger partial charge >= 0.3 is 20.1 Å². The molecule has 0 amide bonds. The predicted octanol–water partition coefficient (Wildman–Crippen LogP) is 16.6. The van der Waals surface area contributed by atoms with E-state index in [-0.39, 0.29) is 36.8 Å². The van der Waals surface area contributed by atoms with Gasteiger partial charge in [-0.2, -0.15) is 0 Å². The summed E-state index contributed by atoms with van der Waals surface area (Å²) in [5, 5.41) is 1.74. The molecule has 0 radical (unpaired) electrons. The van der Waals surface area contributed by atoms with Crippen molar-refractivity contribution >= 4 is 21.9 Å². The van der Waals surface area contributed by atoms with Crippen LogP contribution in [0.5, 0.6) is 0 Å². The molecule has 358 valence electrons. The van der Waals surface area contributed by atoms with Gasteiger partial charge in [-0.15, -0.1) is 106 Å². The third-order valence-electron chi connectivity index (χ3n) is 13.7. The molecule has 0 aliphatic rings. The van der Waals surface area contributed by atoms with Crippen molar-refractivity contribution in [1.82, 2.24) is 15.0 Å². The number of rotatable bonds is 14. The van der Waals surface area contributed by atoms with E-state index in [0.717, 1.165) is 72.3 Å². The first-order valence-corrected chi connectivity index (χ1v) is 24.3. The number of hydrogen-bond acceptors (Lipinski definition) is 4. The number of para-hydroxylation sites is 1. The van der Waals surface area contributed by atoms with Gasteiger partial charge < -0.3 is 19.4 Å². The second-order valence-corrected chi connectivity index (χ2v) is 19.8. The summed E-state index contributed by atoms with van der Waals surface area (Å²) in [5.74, 6) is 0. The zero-order valence-electron chi connectivity index (χ0n) is 48.0. The van der Waals surface area contributed by atoms with Crippen LogP contribution < -0.4 is 0 Å². The van der Waals surface area contributed by atoms with E-state index in [1.165, 1.54) is 12.3 Å². The second kappa shape index (κ2) is 20.9. The smallest absolute Gasteiger partial charge is 0.455 e. The molecule has 0 spiro atoms. The normalized spacial score (nSPS) is 13.7. The Bertz CT molecular complexity index is 3860. The minimum Gasteiger partial charge on any atom is -0.455 e. The number of furan rings is 1. The van der Waals surface area contributed by atoms with E-state index in [1.807, 2.05) is 140 Å². The number of pyridine rings is 3. The van der Waals surface area contributed by atoms with Gasteiger partial charge in [0.25, 0.3) is 0 Å². The number of hydrogen-bond donors (Lipinski definition) is 0. The fourth-order valence-corrected chi connectivity index (χ4v) is 9.78. The minimum atomic E-state index is -2.54. The Balaban J connectivity index is 0.00000720. The molecule has 0 saturated carbocycles. The van der Waals surface area contributed by atoms with E-state index >= 15 is 0 Å². The summed E-state index contributed by atoms with van der Waals surface area (Å²) in [6, 6.07) is 67.9. The van der Waals surface area contributed by atoms with Gasteiger partial charge in [0.05, 0.1) is 0 Å². The van der Waals surface area contributed by atoms with Crippen molar-refractivity contribution in [2.45, 2.75) is 71.0 Å². The van der Waals surface area contributed by atoms with Crippen LogP contribution in [-0.2, 0) is 56.5 Å². The summed E-state index contributed by atoms with van der Waals surface area (Å²) in [4.78, 5) is 13.6. The summed E-state index contributed by atoms with van der Waals surface area (Å²) >= 11 is 0.